The van der Waals surface area contributed by atoms with Gasteiger partial charge in [-0.2, -0.15) is 0 Å². The van der Waals surface area contributed by atoms with Crippen molar-refractivity contribution in [3.05, 3.63) is 58.9 Å². The van der Waals surface area contributed by atoms with Crippen LogP contribution in [0.25, 0.3) is 0 Å². The molecule has 2 aliphatic heterocycles. The van der Waals surface area contributed by atoms with E-state index in [1.54, 1.807) is 36.0 Å². The molecule has 2 aromatic rings. The number of nitrogens with one attached hydrogen (secondary N) is 1. The number of sulfonamides is 1. The molecule has 8 heteroatoms. The lowest BCUT2D eigenvalue weighted by Gasteiger charge is -2.26. The molecule has 2 aromatic carbocycles. The molecule has 1 N–H and O–H groups in total. The fourth-order valence-electron chi connectivity index (χ4n) is 4.01. The molecule has 148 valence electrons. The van der Waals surface area contributed by atoms with E-state index in [0.717, 1.165) is 28.2 Å². The number of fused-ring (bicyclic) bond motifs is 2. The van der Waals surface area contributed by atoms with E-state index in [-0.39, 0.29) is 23.8 Å². The zero-order valence-corrected chi connectivity index (χ0v) is 17.2. The van der Waals surface area contributed by atoms with Crippen molar-refractivity contribution in [1.82, 2.24) is 5.32 Å². The maximum absolute atomic E-state index is 13.7. The van der Waals surface area contributed by atoms with Crippen LogP contribution in [0.3, 0.4) is 0 Å². The zero-order valence-electron chi connectivity index (χ0n) is 15.6. The van der Waals surface area contributed by atoms with Crippen LogP contribution in [0.15, 0.2) is 41.3 Å². The van der Waals surface area contributed by atoms with Crippen LogP contribution in [0.5, 0.6) is 0 Å². The Morgan fingerprint density at radius 2 is 2.04 bits per heavy atom. The fraction of sp³-hybridized carbons (Fsp3) is 0.350. The van der Waals surface area contributed by atoms with Crippen molar-refractivity contribution in [3.8, 4) is 0 Å². The Balaban J connectivity index is 1.58. The molecule has 0 aromatic heterocycles. The van der Waals surface area contributed by atoms with Crippen LogP contribution in [-0.2, 0) is 16.4 Å². The van der Waals surface area contributed by atoms with Gasteiger partial charge in [0.2, 0.25) is 10.0 Å². The molecule has 2 unspecified atom stereocenters. The lowest BCUT2D eigenvalue weighted by atomic mass is 10.0. The van der Waals surface area contributed by atoms with Gasteiger partial charge in [-0.3, -0.25) is 9.10 Å². The van der Waals surface area contributed by atoms with Crippen LogP contribution >= 0.6 is 11.8 Å². The smallest absolute Gasteiger partial charge is 0.251 e. The highest BCUT2D eigenvalue weighted by Gasteiger charge is 2.33. The van der Waals surface area contributed by atoms with Crippen molar-refractivity contribution >= 4 is 33.4 Å². The van der Waals surface area contributed by atoms with Gasteiger partial charge in [-0.25, -0.2) is 12.8 Å². The van der Waals surface area contributed by atoms with E-state index in [4.69, 9.17) is 0 Å². The molecular formula is C20H21FN2O3S2. The first-order valence-corrected chi connectivity index (χ1v) is 11.9. The fourth-order valence-corrected chi connectivity index (χ4v) is 6.38. The maximum atomic E-state index is 13.7. The molecule has 2 heterocycles. The number of rotatable bonds is 3. The van der Waals surface area contributed by atoms with E-state index in [0.29, 0.717) is 17.7 Å². The van der Waals surface area contributed by atoms with Crippen LogP contribution in [0.4, 0.5) is 10.1 Å². The minimum Gasteiger partial charge on any atom is -0.345 e. The second-order valence-corrected chi connectivity index (χ2v) is 10.3. The topological polar surface area (TPSA) is 66.5 Å². The molecule has 2 atom stereocenters. The summed E-state index contributed by atoms with van der Waals surface area (Å²) in [5.41, 5.74) is 2.77. The van der Waals surface area contributed by atoms with Gasteiger partial charge in [0, 0.05) is 22.3 Å². The molecule has 4 rings (SSSR count). The number of hydrogen-bond acceptors (Lipinski definition) is 4. The molecule has 28 heavy (non-hydrogen) atoms. The van der Waals surface area contributed by atoms with Crippen molar-refractivity contribution in [2.75, 3.05) is 16.3 Å². The van der Waals surface area contributed by atoms with Gasteiger partial charge in [-0.15, -0.1) is 11.8 Å². The number of amides is 1. The molecule has 0 bridgehead atoms. The van der Waals surface area contributed by atoms with Crippen molar-refractivity contribution in [3.63, 3.8) is 0 Å². The van der Waals surface area contributed by atoms with Gasteiger partial charge in [0.1, 0.15) is 5.82 Å². The van der Waals surface area contributed by atoms with E-state index in [1.807, 2.05) is 6.92 Å². The molecule has 1 amide bonds. The lowest BCUT2D eigenvalue weighted by molar-refractivity contribution is 0.0934. The Bertz CT molecular complexity index is 1060. The molecule has 0 aliphatic carbocycles. The average molecular weight is 421 g/mol. The minimum absolute atomic E-state index is 0.173. The van der Waals surface area contributed by atoms with Crippen LogP contribution in [0, 0.1) is 5.82 Å². The van der Waals surface area contributed by atoms with Gasteiger partial charge >= 0.3 is 0 Å². The predicted octanol–water partition coefficient (Wildman–Crippen LogP) is 3.50. The van der Waals surface area contributed by atoms with Gasteiger partial charge in [-0.05, 0) is 67.3 Å². The highest BCUT2D eigenvalue weighted by atomic mass is 32.2. The molecular weight excluding hydrogens is 399 g/mol. The molecule has 2 aliphatic rings. The minimum atomic E-state index is -3.36. The highest BCUT2D eigenvalue weighted by Crippen LogP contribution is 2.37. The number of nitrogens with zero attached hydrogens (tertiary/aromatic N) is 1. The van der Waals surface area contributed by atoms with Gasteiger partial charge in [0.15, 0.2) is 0 Å². The maximum Gasteiger partial charge on any atom is 0.251 e. The summed E-state index contributed by atoms with van der Waals surface area (Å²) in [6.45, 7) is 1.85. The summed E-state index contributed by atoms with van der Waals surface area (Å²) in [7, 11) is -3.36. The number of benzene rings is 2. The summed E-state index contributed by atoms with van der Waals surface area (Å²) in [4.78, 5) is 13.8. The number of hydrogen-bond donors (Lipinski definition) is 1. The van der Waals surface area contributed by atoms with Crippen LogP contribution in [0.2, 0.25) is 0 Å². The second-order valence-electron chi connectivity index (χ2n) is 7.30. The summed E-state index contributed by atoms with van der Waals surface area (Å²) in [6, 6.07) is 9.37. The van der Waals surface area contributed by atoms with E-state index in [9.17, 15) is 17.6 Å². The third-order valence-electron chi connectivity index (χ3n) is 5.17. The zero-order chi connectivity index (χ0) is 20.1. The first-order chi connectivity index (χ1) is 13.2. The third kappa shape index (κ3) is 3.51. The molecule has 0 saturated heterocycles. The lowest BCUT2D eigenvalue weighted by Crippen LogP contribution is -2.34. The SMILES string of the molecule is CC1Cc2cc(C(=O)NC3CCSc4ccc(F)cc43)ccc2N1S(C)(=O)=O. The van der Waals surface area contributed by atoms with E-state index >= 15 is 0 Å². The Morgan fingerprint density at radius 3 is 2.79 bits per heavy atom. The van der Waals surface area contributed by atoms with Gasteiger partial charge < -0.3 is 5.32 Å². The largest absolute Gasteiger partial charge is 0.345 e. The normalized spacial score (nSPS) is 21.2. The first-order valence-electron chi connectivity index (χ1n) is 9.09. The predicted molar refractivity (Wildman–Crippen MR) is 109 cm³/mol. The number of carbonyl (C=O) groups is 1. The molecule has 5 nitrogen and oxygen atoms in total. The van der Waals surface area contributed by atoms with Crippen LogP contribution in [-0.4, -0.2) is 32.4 Å². The quantitative estimate of drug-likeness (QED) is 0.825. The number of halogens is 1. The van der Waals surface area contributed by atoms with Crippen LogP contribution < -0.4 is 9.62 Å². The summed E-state index contributed by atoms with van der Waals surface area (Å²) >= 11 is 1.66. The summed E-state index contributed by atoms with van der Waals surface area (Å²) in [5, 5.41) is 3.01. The first kappa shape index (κ1) is 19.3. The van der Waals surface area contributed by atoms with Crippen molar-refractivity contribution in [2.24, 2.45) is 0 Å². The Morgan fingerprint density at radius 1 is 1.25 bits per heavy atom. The highest BCUT2D eigenvalue weighted by molar-refractivity contribution is 7.99. The molecule has 0 radical (unpaired) electrons. The molecule has 0 spiro atoms. The van der Waals surface area contributed by atoms with Crippen molar-refractivity contribution < 1.29 is 17.6 Å². The standard InChI is InChI=1S/C20H21FN2O3S2/c1-12-9-14-10-13(3-5-18(14)23(12)28(2,25)26)20(24)22-17-7-8-27-19-6-4-15(21)11-16(17)19/h3-6,10-12,17H,7-9H2,1-2H3,(H,22,24). The van der Waals surface area contributed by atoms with E-state index in [1.165, 1.54) is 22.7 Å². The van der Waals surface area contributed by atoms with Crippen molar-refractivity contribution in [2.45, 2.75) is 36.7 Å². The summed E-state index contributed by atoms with van der Waals surface area (Å²) in [5.74, 6) is 0.308. The van der Waals surface area contributed by atoms with Gasteiger partial charge in [-0.1, -0.05) is 0 Å². The third-order valence-corrected chi connectivity index (χ3v) is 7.56. The summed E-state index contributed by atoms with van der Waals surface area (Å²) in [6.07, 6.45) is 2.49. The monoisotopic (exact) mass is 420 g/mol. The van der Waals surface area contributed by atoms with Crippen molar-refractivity contribution in [1.29, 1.82) is 0 Å². The number of carbonyl (C=O) groups excluding carboxylic acids is 1. The molecule has 0 saturated carbocycles. The van der Waals surface area contributed by atoms with Crippen LogP contribution in [0.1, 0.15) is 40.9 Å². The molecule has 0 fully saturated rings. The van der Waals surface area contributed by atoms with Gasteiger partial charge in [0.05, 0.1) is 18.0 Å². The second kappa shape index (κ2) is 7.08. The van der Waals surface area contributed by atoms with E-state index in [2.05, 4.69) is 5.32 Å². The Hall–Kier alpha value is -2.06. The summed E-state index contributed by atoms with van der Waals surface area (Å²) < 4.78 is 39.2. The van der Waals surface area contributed by atoms with E-state index < -0.39 is 10.0 Å². The Labute approximate surface area is 168 Å². The van der Waals surface area contributed by atoms with Gasteiger partial charge in [0.25, 0.3) is 5.91 Å². The average Bonchev–Trinajstić information content (AvgIpc) is 2.97. The number of thioether (sulfide) groups is 1. The number of anilines is 1. The Kier molecular flexibility index (Phi) is 4.87.